The molecule has 0 amide bonds. The van der Waals surface area contributed by atoms with Crippen molar-refractivity contribution in [3.8, 4) is 40.2 Å². The smallest absolute Gasteiger partial charge is 0.343 e. The zero-order valence-electron chi connectivity index (χ0n) is 21.3. The lowest BCUT2D eigenvalue weighted by molar-refractivity contribution is 0.0732. The highest BCUT2D eigenvalue weighted by molar-refractivity contribution is 6.15. The molecule has 0 fully saturated rings. The van der Waals surface area contributed by atoms with E-state index >= 15 is 0 Å². The van der Waals surface area contributed by atoms with E-state index in [1.165, 1.54) is 40.6 Å². The van der Waals surface area contributed by atoms with Crippen LogP contribution >= 0.6 is 0 Å². The van der Waals surface area contributed by atoms with E-state index in [1.807, 2.05) is 0 Å². The Hall–Kier alpha value is -4.66. The minimum absolute atomic E-state index is 0.120. The highest BCUT2D eigenvalue weighted by atomic mass is 16.5. The fourth-order valence-electron chi connectivity index (χ4n) is 3.92. The third kappa shape index (κ3) is 4.75. The number of fused-ring (bicyclic) bond motifs is 1. The van der Waals surface area contributed by atoms with Crippen molar-refractivity contribution in [1.29, 1.82) is 0 Å². The first-order chi connectivity index (χ1) is 17.8. The molecule has 0 aliphatic carbocycles. The molecule has 9 nitrogen and oxygen atoms in total. The van der Waals surface area contributed by atoms with Gasteiger partial charge in [0.25, 0.3) is 0 Å². The minimum atomic E-state index is -0.648. The number of hydrogen-bond acceptors (Lipinski definition) is 9. The van der Waals surface area contributed by atoms with Crippen molar-refractivity contribution in [2.24, 2.45) is 0 Å². The highest BCUT2D eigenvalue weighted by Gasteiger charge is 2.31. The predicted octanol–water partition coefficient (Wildman–Crippen LogP) is 4.87. The second kappa shape index (κ2) is 10.5. The lowest BCUT2D eigenvalue weighted by Gasteiger charge is -2.14. The van der Waals surface area contributed by atoms with Crippen LogP contribution in [0.15, 0.2) is 48.2 Å². The second-order valence-electron chi connectivity index (χ2n) is 7.92. The summed E-state index contributed by atoms with van der Waals surface area (Å²) >= 11 is 0. The molecule has 1 aliphatic heterocycles. The van der Waals surface area contributed by atoms with Crippen LogP contribution < -0.4 is 33.2 Å². The monoisotopic (exact) mass is 506 g/mol. The van der Waals surface area contributed by atoms with Crippen molar-refractivity contribution >= 4 is 17.8 Å². The van der Waals surface area contributed by atoms with Gasteiger partial charge in [-0.25, -0.2) is 4.79 Å². The Kier molecular flexibility index (Phi) is 7.24. The van der Waals surface area contributed by atoms with Gasteiger partial charge in [0.2, 0.25) is 11.5 Å². The molecule has 0 N–H and O–H groups in total. The number of ketones is 1. The molecule has 0 bridgehead atoms. The van der Waals surface area contributed by atoms with Gasteiger partial charge in [0.05, 0.1) is 46.7 Å². The number of ether oxygens (including phenoxy) is 7. The van der Waals surface area contributed by atoms with Crippen LogP contribution in [0.1, 0.15) is 31.8 Å². The Labute approximate surface area is 214 Å². The summed E-state index contributed by atoms with van der Waals surface area (Å²) in [5.74, 6) is 1.88. The molecule has 192 valence electrons. The SMILES string of the molecule is COc1ccc(/C=C2\Oc3c(ccc(OC(=O)c4cc(OC)c(OC)c(OC)c4)c3C)C2=O)c(OC)c1. The summed E-state index contributed by atoms with van der Waals surface area (Å²) in [6.07, 6.45) is 1.60. The van der Waals surface area contributed by atoms with Gasteiger partial charge in [-0.2, -0.15) is 0 Å². The number of rotatable bonds is 8. The molecular weight excluding hydrogens is 480 g/mol. The van der Waals surface area contributed by atoms with E-state index < -0.39 is 5.97 Å². The fourth-order valence-corrected chi connectivity index (χ4v) is 3.92. The third-order valence-electron chi connectivity index (χ3n) is 5.87. The quantitative estimate of drug-likeness (QED) is 0.241. The van der Waals surface area contributed by atoms with Crippen LogP contribution in [-0.4, -0.2) is 47.3 Å². The Morgan fingerprint density at radius 3 is 2.05 bits per heavy atom. The number of methoxy groups -OCH3 is 5. The predicted molar refractivity (Wildman–Crippen MR) is 135 cm³/mol. The van der Waals surface area contributed by atoms with Crippen LogP contribution in [0, 0.1) is 6.92 Å². The van der Waals surface area contributed by atoms with Crippen LogP contribution in [0.25, 0.3) is 6.08 Å². The summed E-state index contributed by atoms with van der Waals surface area (Å²) < 4.78 is 38.1. The Bertz CT molecular complexity index is 1380. The molecule has 0 spiro atoms. The van der Waals surface area contributed by atoms with E-state index in [0.717, 1.165) is 0 Å². The maximum absolute atomic E-state index is 13.0. The summed E-state index contributed by atoms with van der Waals surface area (Å²) in [5, 5.41) is 0. The van der Waals surface area contributed by atoms with Crippen LogP contribution in [0.5, 0.6) is 40.2 Å². The molecule has 9 heteroatoms. The topological polar surface area (TPSA) is 98.8 Å². The van der Waals surface area contributed by atoms with Gasteiger partial charge in [-0.3, -0.25) is 4.79 Å². The third-order valence-corrected chi connectivity index (χ3v) is 5.87. The first kappa shape index (κ1) is 25.4. The van der Waals surface area contributed by atoms with Crippen LogP contribution in [0.4, 0.5) is 0 Å². The maximum Gasteiger partial charge on any atom is 0.343 e. The molecule has 1 aliphatic rings. The molecule has 0 saturated heterocycles. The average molecular weight is 507 g/mol. The zero-order chi connectivity index (χ0) is 26.7. The molecule has 1 heterocycles. The van der Waals surface area contributed by atoms with E-state index in [4.69, 9.17) is 33.2 Å². The molecule has 4 rings (SSSR count). The molecule has 0 aromatic heterocycles. The average Bonchev–Trinajstić information content (AvgIpc) is 3.24. The number of Topliss-reactive ketones (excluding diaryl/α,β-unsaturated/α-hetero) is 1. The number of allylic oxidation sites excluding steroid dienone is 1. The molecule has 37 heavy (non-hydrogen) atoms. The van der Waals surface area contributed by atoms with Gasteiger partial charge in [0.15, 0.2) is 17.3 Å². The number of hydrogen-bond donors (Lipinski definition) is 0. The lowest BCUT2D eigenvalue weighted by atomic mass is 10.1. The molecule has 0 saturated carbocycles. The van der Waals surface area contributed by atoms with E-state index in [-0.39, 0.29) is 22.9 Å². The Morgan fingerprint density at radius 1 is 0.784 bits per heavy atom. The van der Waals surface area contributed by atoms with E-state index in [1.54, 1.807) is 50.4 Å². The van der Waals surface area contributed by atoms with Gasteiger partial charge in [0.1, 0.15) is 23.0 Å². The van der Waals surface area contributed by atoms with Gasteiger partial charge < -0.3 is 33.2 Å². The maximum atomic E-state index is 13.0. The van der Waals surface area contributed by atoms with E-state index in [0.29, 0.717) is 51.2 Å². The Balaban J connectivity index is 1.63. The normalized spacial score (nSPS) is 13.0. The van der Waals surface area contributed by atoms with Gasteiger partial charge >= 0.3 is 5.97 Å². The second-order valence-corrected chi connectivity index (χ2v) is 7.92. The van der Waals surface area contributed by atoms with Crippen LogP contribution in [-0.2, 0) is 0 Å². The van der Waals surface area contributed by atoms with Crippen molar-refractivity contribution in [2.45, 2.75) is 6.92 Å². The standard InChI is InChI=1S/C28H26O9/c1-15-20(37-28(30)17-12-23(33-4)27(35-6)24(13-17)34-5)10-9-19-25(29)22(36-26(15)19)11-16-7-8-18(31-2)14-21(16)32-3/h7-14H,1-6H3/b22-11-. The molecule has 3 aromatic rings. The number of esters is 1. The summed E-state index contributed by atoms with van der Waals surface area (Å²) in [5.41, 5.74) is 1.70. The lowest BCUT2D eigenvalue weighted by Crippen LogP contribution is -2.10. The van der Waals surface area contributed by atoms with Crippen molar-refractivity contribution in [2.75, 3.05) is 35.5 Å². The van der Waals surface area contributed by atoms with E-state index in [9.17, 15) is 9.59 Å². The summed E-state index contributed by atoms with van der Waals surface area (Å²) in [4.78, 5) is 26.0. The van der Waals surface area contributed by atoms with E-state index in [2.05, 4.69) is 0 Å². The van der Waals surface area contributed by atoms with Gasteiger partial charge in [-0.1, -0.05) is 0 Å². The zero-order valence-corrected chi connectivity index (χ0v) is 21.3. The first-order valence-electron chi connectivity index (χ1n) is 11.2. The molecule has 0 unspecified atom stereocenters. The van der Waals surface area contributed by atoms with Crippen molar-refractivity contribution in [3.63, 3.8) is 0 Å². The van der Waals surface area contributed by atoms with Crippen molar-refractivity contribution < 1.29 is 42.7 Å². The van der Waals surface area contributed by atoms with Crippen LogP contribution in [0.3, 0.4) is 0 Å². The largest absolute Gasteiger partial charge is 0.497 e. The number of carbonyl (C=O) groups excluding carboxylic acids is 2. The van der Waals surface area contributed by atoms with Gasteiger partial charge in [-0.05, 0) is 49.4 Å². The molecule has 3 aromatic carbocycles. The van der Waals surface area contributed by atoms with Crippen LogP contribution in [0.2, 0.25) is 0 Å². The summed E-state index contributed by atoms with van der Waals surface area (Å²) in [7, 11) is 7.47. The van der Waals surface area contributed by atoms with Gasteiger partial charge in [-0.15, -0.1) is 0 Å². The molecule has 0 atom stereocenters. The highest BCUT2D eigenvalue weighted by Crippen LogP contribution is 2.41. The molecular formula is C28H26O9. The minimum Gasteiger partial charge on any atom is -0.497 e. The van der Waals surface area contributed by atoms with Crippen molar-refractivity contribution in [3.05, 3.63) is 70.5 Å². The Morgan fingerprint density at radius 2 is 1.46 bits per heavy atom. The fraction of sp³-hybridized carbons (Fsp3) is 0.214. The first-order valence-corrected chi connectivity index (χ1v) is 11.2. The van der Waals surface area contributed by atoms with Crippen molar-refractivity contribution in [1.82, 2.24) is 0 Å². The summed E-state index contributed by atoms with van der Waals surface area (Å²) in [6.45, 7) is 1.71. The summed E-state index contributed by atoms with van der Waals surface area (Å²) in [6, 6.07) is 11.3. The van der Waals surface area contributed by atoms with Gasteiger partial charge in [0, 0.05) is 17.2 Å². The number of benzene rings is 3. The number of carbonyl (C=O) groups is 2. The molecule has 0 radical (unpaired) electrons.